The van der Waals surface area contributed by atoms with Crippen LogP contribution in [0, 0.1) is 5.82 Å². The van der Waals surface area contributed by atoms with Crippen LogP contribution in [0.2, 0.25) is 18.1 Å². The van der Waals surface area contributed by atoms with E-state index in [0.717, 1.165) is 0 Å². The van der Waals surface area contributed by atoms with Gasteiger partial charge in [0.05, 0.1) is 12.1 Å². The number of benzene rings is 1. The van der Waals surface area contributed by atoms with Gasteiger partial charge in [0.25, 0.3) is 0 Å². The van der Waals surface area contributed by atoms with Crippen LogP contribution in [0.3, 0.4) is 0 Å². The number of hydrogen-bond donors (Lipinski definition) is 1. The molecule has 5 nitrogen and oxygen atoms in total. The fourth-order valence-corrected chi connectivity index (χ4v) is 4.03. The lowest BCUT2D eigenvalue weighted by Crippen LogP contribution is -2.44. The molecule has 0 unspecified atom stereocenters. The smallest absolute Gasteiger partial charge is 0.407 e. The molecule has 0 saturated carbocycles. The van der Waals surface area contributed by atoms with Crippen LogP contribution < -0.4 is 4.74 Å². The average molecular weight is 370 g/mol. The number of likely N-dealkylation sites (tertiary alicyclic amines) is 1. The van der Waals surface area contributed by atoms with Crippen molar-refractivity contribution in [2.45, 2.75) is 57.5 Å². The summed E-state index contributed by atoms with van der Waals surface area (Å²) in [5.41, 5.74) is 0. The van der Waals surface area contributed by atoms with Crippen molar-refractivity contribution in [3.05, 3.63) is 30.1 Å². The predicted octanol–water partition coefficient (Wildman–Crippen LogP) is 4.35. The summed E-state index contributed by atoms with van der Waals surface area (Å²) >= 11 is 0. The van der Waals surface area contributed by atoms with E-state index in [-0.39, 0.29) is 29.6 Å². The van der Waals surface area contributed by atoms with Crippen LogP contribution >= 0.6 is 0 Å². The Kier molecular flexibility index (Phi) is 5.78. The van der Waals surface area contributed by atoms with Crippen LogP contribution in [0.5, 0.6) is 5.75 Å². The largest absolute Gasteiger partial charge is 0.491 e. The number of nitrogens with zero attached hydrogens (tertiary/aromatic N) is 1. The van der Waals surface area contributed by atoms with Crippen LogP contribution in [-0.2, 0) is 4.43 Å². The van der Waals surface area contributed by atoms with E-state index in [1.807, 2.05) is 0 Å². The topological polar surface area (TPSA) is 59.0 Å². The Hall–Kier alpha value is -1.60. The summed E-state index contributed by atoms with van der Waals surface area (Å²) in [7, 11) is -1.96. The zero-order valence-electron chi connectivity index (χ0n) is 15.6. The molecule has 1 aliphatic rings. The van der Waals surface area contributed by atoms with Crippen molar-refractivity contribution in [2.75, 3.05) is 13.2 Å². The summed E-state index contributed by atoms with van der Waals surface area (Å²) in [5, 5.41) is 9.54. The number of halogens is 1. The average Bonchev–Trinajstić information content (AvgIpc) is 2.88. The molecule has 1 N–H and O–H groups in total. The van der Waals surface area contributed by atoms with Gasteiger partial charge in [-0.1, -0.05) is 20.8 Å². The normalized spacial score (nSPS) is 21.4. The SMILES string of the molecule is CC(C)(C)[Si](C)(C)O[C@H]1C[C@H](COc2ccc(F)cc2)N(C(=O)O)C1. The van der Waals surface area contributed by atoms with Crippen LogP contribution in [-0.4, -0.2) is 49.7 Å². The lowest BCUT2D eigenvalue weighted by Gasteiger charge is -2.38. The number of amides is 1. The molecule has 1 aliphatic heterocycles. The number of carboxylic acid groups (broad SMARTS) is 1. The monoisotopic (exact) mass is 369 g/mol. The number of hydrogen-bond acceptors (Lipinski definition) is 3. The van der Waals surface area contributed by atoms with E-state index in [1.165, 1.54) is 17.0 Å². The number of rotatable bonds is 5. The first-order chi connectivity index (χ1) is 11.5. The van der Waals surface area contributed by atoms with Crippen LogP contribution in [0.4, 0.5) is 9.18 Å². The van der Waals surface area contributed by atoms with Crippen molar-refractivity contribution >= 4 is 14.4 Å². The fraction of sp³-hybridized carbons (Fsp3) is 0.611. The van der Waals surface area contributed by atoms with E-state index >= 15 is 0 Å². The molecular formula is C18H28FNO4Si. The summed E-state index contributed by atoms with van der Waals surface area (Å²) in [6.07, 6.45) is -0.465. The lowest BCUT2D eigenvalue weighted by atomic mass is 10.2. The molecule has 25 heavy (non-hydrogen) atoms. The molecule has 140 valence electrons. The molecular weight excluding hydrogens is 341 g/mol. The Bertz CT molecular complexity index is 600. The highest BCUT2D eigenvalue weighted by atomic mass is 28.4. The van der Waals surface area contributed by atoms with Gasteiger partial charge in [0.2, 0.25) is 0 Å². The third-order valence-corrected chi connectivity index (χ3v) is 9.68. The summed E-state index contributed by atoms with van der Waals surface area (Å²) in [4.78, 5) is 12.9. The van der Waals surface area contributed by atoms with E-state index in [9.17, 15) is 14.3 Å². The second-order valence-electron chi connectivity index (χ2n) is 8.09. The summed E-state index contributed by atoms with van der Waals surface area (Å²) in [5.74, 6) is 0.198. The van der Waals surface area contributed by atoms with Crippen molar-refractivity contribution in [1.82, 2.24) is 4.90 Å². The van der Waals surface area contributed by atoms with Gasteiger partial charge in [0.15, 0.2) is 8.32 Å². The minimum absolute atomic E-state index is 0.0732. The quantitative estimate of drug-likeness (QED) is 0.784. The van der Waals surface area contributed by atoms with Gasteiger partial charge >= 0.3 is 6.09 Å². The second-order valence-corrected chi connectivity index (χ2v) is 12.8. The maximum absolute atomic E-state index is 12.9. The van der Waals surface area contributed by atoms with Gasteiger partial charge in [-0.25, -0.2) is 9.18 Å². The maximum atomic E-state index is 12.9. The Labute approximate surface area is 149 Å². The molecule has 1 saturated heterocycles. The molecule has 1 amide bonds. The first kappa shape index (κ1) is 19.7. The highest BCUT2D eigenvalue weighted by Gasteiger charge is 2.43. The Morgan fingerprint density at radius 1 is 1.32 bits per heavy atom. The third kappa shape index (κ3) is 4.95. The van der Waals surface area contributed by atoms with Crippen molar-refractivity contribution in [1.29, 1.82) is 0 Å². The van der Waals surface area contributed by atoms with Crippen molar-refractivity contribution < 1.29 is 23.5 Å². The van der Waals surface area contributed by atoms with Gasteiger partial charge in [-0.15, -0.1) is 0 Å². The summed E-state index contributed by atoms with van der Waals surface area (Å²) < 4.78 is 25.0. The molecule has 2 atom stereocenters. The van der Waals surface area contributed by atoms with Gasteiger partial charge in [-0.2, -0.15) is 0 Å². The Morgan fingerprint density at radius 2 is 1.92 bits per heavy atom. The van der Waals surface area contributed by atoms with Gasteiger partial charge in [0.1, 0.15) is 18.2 Å². The van der Waals surface area contributed by atoms with Crippen LogP contribution in [0.25, 0.3) is 0 Å². The van der Waals surface area contributed by atoms with E-state index in [0.29, 0.717) is 18.7 Å². The molecule has 1 aromatic carbocycles. The van der Waals surface area contributed by atoms with Crippen molar-refractivity contribution in [3.8, 4) is 5.75 Å². The lowest BCUT2D eigenvalue weighted by molar-refractivity contribution is 0.120. The number of ether oxygens (including phenoxy) is 1. The van der Waals surface area contributed by atoms with E-state index < -0.39 is 14.4 Å². The summed E-state index contributed by atoms with van der Waals surface area (Å²) in [6.45, 7) is 11.4. The molecule has 2 rings (SSSR count). The molecule has 1 aromatic rings. The summed E-state index contributed by atoms with van der Waals surface area (Å²) in [6, 6.07) is 5.46. The molecule has 0 spiro atoms. The highest BCUT2D eigenvalue weighted by molar-refractivity contribution is 6.74. The standard InChI is InChI=1S/C18H28FNO4Si/c1-18(2,3)25(4,5)24-16-10-14(20(11-16)17(21)22)12-23-15-8-6-13(19)7-9-15/h6-9,14,16H,10-12H2,1-5H3,(H,21,22)/t14-,16+/m1/s1. The molecule has 1 fully saturated rings. The highest BCUT2D eigenvalue weighted by Crippen LogP contribution is 2.39. The second kappa shape index (κ2) is 7.33. The molecule has 0 radical (unpaired) electrons. The molecule has 0 bridgehead atoms. The minimum Gasteiger partial charge on any atom is -0.491 e. The van der Waals surface area contributed by atoms with Gasteiger partial charge in [-0.05, 0) is 48.8 Å². The first-order valence-electron chi connectivity index (χ1n) is 8.55. The predicted molar refractivity (Wildman–Crippen MR) is 97.1 cm³/mol. The van der Waals surface area contributed by atoms with E-state index in [2.05, 4.69) is 33.9 Å². The number of carbonyl (C=O) groups is 1. The molecule has 0 aromatic heterocycles. The Balaban J connectivity index is 2.00. The molecule has 0 aliphatic carbocycles. The zero-order valence-corrected chi connectivity index (χ0v) is 16.6. The molecule has 1 heterocycles. The molecule has 7 heteroatoms. The van der Waals surface area contributed by atoms with Crippen LogP contribution in [0.15, 0.2) is 24.3 Å². The van der Waals surface area contributed by atoms with Gasteiger partial charge < -0.3 is 14.3 Å². The van der Waals surface area contributed by atoms with Crippen LogP contribution in [0.1, 0.15) is 27.2 Å². The Morgan fingerprint density at radius 3 is 2.44 bits per heavy atom. The van der Waals surface area contributed by atoms with Crippen molar-refractivity contribution in [2.24, 2.45) is 0 Å². The van der Waals surface area contributed by atoms with Gasteiger partial charge in [0, 0.05) is 6.54 Å². The maximum Gasteiger partial charge on any atom is 0.407 e. The fourth-order valence-electron chi connectivity index (χ4n) is 2.67. The third-order valence-electron chi connectivity index (χ3n) is 5.15. The zero-order chi connectivity index (χ0) is 18.8. The minimum atomic E-state index is -1.96. The first-order valence-corrected chi connectivity index (χ1v) is 11.5. The van der Waals surface area contributed by atoms with Gasteiger partial charge in [-0.3, -0.25) is 4.90 Å². The van der Waals surface area contributed by atoms with Crippen molar-refractivity contribution in [3.63, 3.8) is 0 Å². The van der Waals surface area contributed by atoms with E-state index in [4.69, 9.17) is 9.16 Å². The van der Waals surface area contributed by atoms with E-state index in [1.54, 1.807) is 12.1 Å².